The van der Waals surface area contributed by atoms with E-state index in [9.17, 15) is 14.4 Å². The number of rotatable bonds is 5. The van der Waals surface area contributed by atoms with E-state index in [4.69, 9.17) is 4.74 Å². The normalized spacial score (nSPS) is 15.3. The van der Waals surface area contributed by atoms with Crippen molar-refractivity contribution in [2.75, 3.05) is 30.9 Å². The topological polar surface area (TPSA) is 79.0 Å². The Morgan fingerprint density at radius 1 is 1.14 bits per heavy atom. The van der Waals surface area contributed by atoms with Crippen molar-refractivity contribution in [2.24, 2.45) is 0 Å². The average Bonchev–Trinajstić information content (AvgIpc) is 2.69. The molecule has 0 bridgehead atoms. The van der Waals surface area contributed by atoms with Gasteiger partial charge in [0.1, 0.15) is 5.75 Å². The summed E-state index contributed by atoms with van der Waals surface area (Å²) in [7, 11) is 3.39. The first-order valence-corrected chi connectivity index (χ1v) is 10.0. The van der Waals surface area contributed by atoms with Crippen LogP contribution in [0, 0.1) is 0 Å². The number of anilines is 2. The lowest BCUT2D eigenvalue weighted by atomic mass is 10.1. The first kappa shape index (κ1) is 20.7. The number of benzene rings is 2. The van der Waals surface area contributed by atoms with Crippen LogP contribution < -0.4 is 15.0 Å². The summed E-state index contributed by atoms with van der Waals surface area (Å²) in [6, 6.07) is 14.4. The molecule has 1 aliphatic heterocycles. The van der Waals surface area contributed by atoms with E-state index < -0.39 is 6.10 Å². The van der Waals surface area contributed by atoms with Gasteiger partial charge in [-0.3, -0.25) is 14.4 Å². The molecule has 1 N–H and O–H groups in total. The Labute approximate surface area is 174 Å². The van der Waals surface area contributed by atoms with E-state index in [-0.39, 0.29) is 30.0 Å². The minimum absolute atomic E-state index is 0.0635. The lowest BCUT2D eigenvalue weighted by Crippen LogP contribution is -2.45. The highest BCUT2D eigenvalue weighted by molar-refractivity contribution is 8.13. The summed E-state index contributed by atoms with van der Waals surface area (Å²) in [6.45, 7) is 1.96. The molecule has 0 saturated carbocycles. The van der Waals surface area contributed by atoms with Crippen LogP contribution in [0.5, 0.6) is 5.75 Å². The van der Waals surface area contributed by atoms with E-state index in [2.05, 4.69) is 5.32 Å². The van der Waals surface area contributed by atoms with Crippen molar-refractivity contribution in [3.8, 4) is 5.75 Å². The lowest BCUT2D eigenvalue weighted by molar-refractivity contribution is -0.125. The number of nitrogens with one attached hydrogen (secondary N) is 1. The fourth-order valence-electron chi connectivity index (χ4n) is 2.82. The van der Waals surface area contributed by atoms with E-state index in [1.165, 1.54) is 4.90 Å². The molecule has 0 fully saturated rings. The monoisotopic (exact) mass is 413 g/mol. The van der Waals surface area contributed by atoms with Crippen LogP contribution in [0.3, 0.4) is 0 Å². The SMILES string of the molecule is CC1Oc2ccccc2N(CCC(=O)Nc2ccc(SC(=O)N(C)C)cc2)C1=O. The Bertz CT molecular complexity index is 914. The van der Waals surface area contributed by atoms with Crippen LogP contribution in [0.15, 0.2) is 53.4 Å². The molecule has 0 spiro atoms. The molecule has 1 atom stereocenters. The van der Waals surface area contributed by atoms with Gasteiger partial charge in [-0.25, -0.2) is 0 Å². The quantitative estimate of drug-likeness (QED) is 0.758. The molecule has 29 heavy (non-hydrogen) atoms. The second-order valence-electron chi connectivity index (χ2n) is 6.80. The number of amides is 3. The second kappa shape index (κ2) is 9.00. The number of fused-ring (bicyclic) bond motifs is 1. The maximum Gasteiger partial charge on any atom is 0.285 e. The van der Waals surface area contributed by atoms with Gasteiger partial charge in [-0.05, 0) is 55.1 Å². The van der Waals surface area contributed by atoms with Gasteiger partial charge in [-0.2, -0.15) is 0 Å². The minimum Gasteiger partial charge on any atom is -0.479 e. The van der Waals surface area contributed by atoms with Crippen LogP contribution in [0.4, 0.5) is 16.2 Å². The molecule has 3 rings (SSSR count). The van der Waals surface area contributed by atoms with Crippen LogP contribution in [-0.2, 0) is 9.59 Å². The van der Waals surface area contributed by atoms with E-state index in [0.717, 1.165) is 16.7 Å². The molecule has 152 valence electrons. The smallest absolute Gasteiger partial charge is 0.285 e. The van der Waals surface area contributed by atoms with Crippen molar-refractivity contribution in [1.29, 1.82) is 0 Å². The number of hydrogen-bond donors (Lipinski definition) is 1. The average molecular weight is 413 g/mol. The molecule has 0 aliphatic carbocycles. The predicted octanol–water partition coefficient (Wildman–Crippen LogP) is 3.60. The number of hydrogen-bond acceptors (Lipinski definition) is 5. The Hall–Kier alpha value is -3.00. The van der Waals surface area contributed by atoms with E-state index in [0.29, 0.717) is 17.1 Å². The Morgan fingerprint density at radius 3 is 2.52 bits per heavy atom. The minimum atomic E-state index is -0.581. The van der Waals surface area contributed by atoms with Crippen molar-refractivity contribution in [2.45, 2.75) is 24.3 Å². The number of nitrogens with zero attached hydrogens (tertiary/aromatic N) is 2. The number of carbonyl (C=O) groups excluding carboxylic acids is 3. The molecule has 0 saturated heterocycles. The fraction of sp³-hybridized carbons (Fsp3) is 0.286. The molecule has 3 amide bonds. The maximum atomic E-state index is 12.5. The third kappa shape index (κ3) is 5.08. The van der Waals surface area contributed by atoms with Gasteiger partial charge in [0.25, 0.3) is 11.1 Å². The van der Waals surface area contributed by atoms with Gasteiger partial charge < -0.3 is 19.9 Å². The van der Waals surface area contributed by atoms with Gasteiger partial charge in [-0.15, -0.1) is 0 Å². The van der Waals surface area contributed by atoms with Crippen molar-refractivity contribution in [1.82, 2.24) is 4.90 Å². The number of ether oxygens (including phenoxy) is 1. The second-order valence-corrected chi connectivity index (χ2v) is 7.83. The molecule has 1 heterocycles. The van der Waals surface area contributed by atoms with Crippen LogP contribution in [0.25, 0.3) is 0 Å². The van der Waals surface area contributed by atoms with Crippen LogP contribution in [0.2, 0.25) is 0 Å². The first-order chi connectivity index (χ1) is 13.8. The summed E-state index contributed by atoms with van der Waals surface area (Å²) in [5.74, 6) is 0.281. The van der Waals surface area contributed by atoms with Crippen molar-refractivity contribution in [3.05, 3.63) is 48.5 Å². The Balaban J connectivity index is 1.57. The third-order valence-corrected chi connectivity index (χ3v) is 5.39. The Kier molecular flexibility index (Phi) is 6.43. The van der Waals surface area contributed by atoms with Gasteiger partial charge in [0.15, 0.2) is 6.10 Å². The highest BCUT2D eigenvalue weighted by Gasteiger charge is 2.31. The zero-order valence-corrected chi connectivity index (χ0v) is 17.4. The lowest BCUT2D eigenvalue weighted by Gasteiger charge is -2.32. The van der Waals surface area contributed by atoms with E-state index in [1.807, 2.05) is 24.3 Å². The van der Waals surface area contributed by atoms with Gasteiger partial charge in [0, 0.05) is 37.6 Å². The number of thioether (sulfide) groups is 1. The number of para-hydroxylation sites is 2. The molecule has 1 unspecified atom stereocenters. The van der Waals surface area contributed by atoms with Crippen molar-refractivity contribution < 1.29 is 19.1 Å². The fourth-order valence-corrected chi connectivity index (χ4v) is 3.48. The molecular weight excluding hydrogens is 390 g/mol. The predicted molar refractivity (Wildman–Crippen MR) is 114 cm³/mol. The van der Waals surface area contributed by atoms with Crippen LogP contribution in [-0.4, -0.2) is 48.7 Å². The zero-order valence-electron chi connectivity index (χ0n) is 16.5. The van der Waals surface area contributed by atoms with E-state index >= 15 is 0 Å². The molecule has 0 radical (unpaired) electrons. The van der Waals surface area contributed by atoms with Gasteiger partial charge in [-0.1, -0.05) is 12.1 Å². The molecule has 0 aromatic heterocycles. The molecular formula is C21H23N3O4S. The Morgan fingerprint density at radius 2 is 1.83 bits per heavy atom. The van der Waals surface area contributed by atoms with E-state index in [1.54, 1.807) is 50.2 Å². The summed E-state index contributed by atoms with van der Waals surface area (Å²) >= 11 is 1.12. The summed E-state index contributed by atoms with van der Waals surface area (Å²) in [5, 5.41) is 2.76. The van der Waals surface area contributed by atoms with Crippen LogP contribution >= 0.6 is 11.8 Å². The molecule has 7 nitrogen and oxygen atoms in total. The highest BCUT2D eigenvalue weighted by Crippen LogP contribution is 2.33. The third-order valence-electron chi connectivity index (χ3n) is 4.34. The summed E-state index contributed by atoms with van der Waals surface area (Å²) in [6.07, 6.45) is -0.425. The number of carbonyl (C=O) groups is 3. The summed E-state index contributed by atoms with van der Waals surface area (Å²) < 4.78 is 5.61. The molecule has 8 heteroatoms. The van der Waals surface area contributed by atoms with Gasteiger partial charge >= 0.3 is 0 Å². The summed E-state index contributed by atoms with van der Waals surface area (Å²) in [4.78, 5) is 40.5. The van der Waals surface area contributed by atoms with Gasteiger partial charge in [0.05, 0.1) is 5.69 Å². The molecule has 2 aromatic carbocycles. The summed E-state index contributed by atoms with van der Waals surface area (Å²) in [5.41, 5.74) is 1.31. The zero-order chi connectivity index (χ0) is 21.0. The van der Waals surface area contributed by atoms with Crippen molar-refractivity contribution >= 4 is 40.2 Å². The highest BCUT2D eigenvalue weighted by atomic mass is 32.2. The molecule has 1 aliphatic rings. The molecule has 2 aromatic rings. The van der Waals surface area contributed by atoms with Crippen molar-refractivity contribution in [3.63, 3.8) is 0 Å². The van der Waals surface area contributed by atoms with Crippen LogP contribution in [0.1, 0.15) is 13.3 Å². The first-order valence-electron chi connectivity index (χ1n) is 9.21. The van der Waals surface area contributed by atoms with Gasteiger partial charge in [0.2, 0.25) is 5.91 Å². The maximum absolute atomic E-state index is 12.5. The standard InChI is InChI=1S/C21H23N3O4S/c1-14-20(26)24(17-6-4-5-7-18(17)28-14)13-12-19(25)22-15-8-10-16(11-9-15)29-21(27)23(2)3/h4-11,14H,12-13H2,1-3H3,(H,22,25). The largest absolute Gasteiger partial charge is 0.479 e.